The summed E-state index contributed by atoms with van der Waals surface area (Å²) >= 11 is 0. The normalized spacial score (nSPS) is 5.45. The van der Waals surface area contributed by atoms with E-state index in [4.69, 9.17) is 76.6 Å². The molecule has 0 saturated carbocycles. The molecule has 20 nitrogen and oxygen atoms in total. The average Bonchev–Trinajstić information content (AvgIpc) is 1.94. The van der Waals surface area contributed by atoms with Crippen LogP contribution in [0.4, 0.5) is 0 Å². The van der Waals surface area contributed by atoms with E-state index in [0.717, 1.165) is 0 Å². The van der Waals surface area contributed by atoms with Crippen LogP contribution in [0.2, 0.25) is 0 Å². The predicted octanol–water partition coefficient (Wildman–Crippen LogP) is -1.20. The molecule has 0 aliphatic heterocycles. The fraction of sp³-hybridized carbons (Fsp3) is 0. The van der Waals surface area contributed by atoms with E-state index in [1.165, 1.54) is 0 Å². The van der Waals surface area contributed by atoms with Crippen LogP contribution >= 0.6 is 0 Å². The summed E-state index contributed by atoms with van der Waals surface area (Å²) in [5.41, 5.74) is 0. The van der Waals surface area contributed by atoms with Crippen LogP contribution < -0.4 is 0 Å². The molecule has 0 aromatic carbocycles. The number of nitrogens with zero attached hydrogens (tertiary/aromatic N) is 5. The van der Waals surface area contributed by atoms with Crippen molar-refractivity contribution >= 4 is 0 Å². The number of hydrogen-bond donors (Lipinski definition) is 0. The van der Waals surface area contributed by atoms with Crippen molar-refractivity contribution in [2.75, 3.05) is 0 Å². The first-order valence-electron chi connectivity index (χ1n) is 2.74. The van der Waals surface area contributed by atoms with E-state index in [1.807, 2.05) is 0 Å². The Morgan fingerprint density at radius 3 is 0.364 bits per heavy atom. The van der Waals surface area contributed by atoms with Crippen LogP contribution in [0, 0.1) is 76.6 Å². The molecule has 0 N–H and O–H groups in total. The molecule has 0 bridgehead atoms. The molecule has 0 aromatic heterocycles. The van der Waals surface area contributed by atoms with Crippen LogP contribution in [0.3, 0.4) is 0 Å². The van der Waals surface area contributed by atoms with Crippen molar-refractivity contribution in [1.29, 1.82) is 0 Å². The molecular formula is N5O15PdRh. The summed E-state index contributed by atoms with van der Waals surface area (Å²) < 4.78 is 0. The molecule has 0 unspecified atom stereocenters. The van der Waals surface area contributed by atoms with Gasteiger partial charge in [-0.05, 0) is 0 Å². The van der Waals surface area contributed by atoms with Gasteiger partial charge in [0.15, 0.2) is 0 Å². The molecule has 134 valence electrons. The number of rotatable bonds is 0. The summed E-state index contributed by atoms with van der Waals surface area (Å²) in [5.74, 6) is 0. The molecular weight excluding hydrogens is 519 g/mol. The van der Waals surface area contributed by atoms with Gasteiger partial charge in [-0.2, -0.15) is 0 Å². The SMILES string of the molecule is O=[N+]([O-])[O-].O=[N+]([O-])[O-].O=[N+]([O-])[O-].O=[N+]([O-])[O-].O=[N+]([O-])[O-].[Pd+2].[Rh+3]. The molecule has 0 rings (SSSR count). The topological polar surface area (TPSA) is 331 Å². The van der Waals surface area contributed by atoms with E-state index in [1.54, 1.807) is 0 Å². The van der Waals surface area contributed by atoms with Gasteiger partial charge < -0.3 is 76.6 Å². The average molecular weight is 519 g/mol. The van der Waals surface area contributed by atoms with Crippen LogP contribution in [0.15, 0.2) is 0 Å². The smallest absolute Gasteiger partial charge is 0.356 e. The molecule has 22 heteroatoms. The van der Waals surface area contributed by atoms with Gasteiger partial charge in [0.05, 0.1) is 25.4 Å². The van der Waals surface area contributed by atoms with Crippen molar-refractivity contribution in [3.63, 3.8) is 0 Å². The second-order valence-corrected chi connectivity index (χ2v) is 1.12. The Balaban J connectivity index is -0.0000000250. The summed E-state index contributed by atoms with van der Waals surface area (Å²) in [5, 5.41) is 73.8. The largest absolute Gasteiger partial charge is 3.00 e. The van der Waals surface area contributed by atoms with Crippen molar-refractivity contribution in [3.05, 3.63) is 76.6 Å². The summed E-state index contributed by atoms with van der Waals surface area (Å²) in [7, 11) is 0. The summed E-state index contributed by atoms with van der Waals surface area (Å²) in [6.07, 6.45) is 0. The van der Waals surface area contributed by atoms with Gasteiger partial charge in [0, 0.05) is 0 Å². The van der Waals surface area contributed by atoms with Crippen LogP contribution in [-0.2, 0) is 39.9 Å². The standard InChI is InChI=1S/5NO3.Pd.Rh/c5*2-1(3)4;;/q5*-1;+2;+3. The zero-order chi connectivity index (χ0) is 17.9. The fourth-order valence-corrected chi connectivity index (χ4v) is 0. The molecule has 0 aliphatic rings. The molecule has 22 heavy (non-hydrogen) atoms. The minimum absolute atomic E-state index is 0. The third-order valence-corrected chi connectivity index (χ3v) is 0. The second-order valence-electron chi connectivity index (χ2n) is 1.12. The first-order chi connectivity index (χ1) is 8.66. The van der Waals surface area contributed by atoms with E-state index in [0.29, 0.717) is 0 Å². The van der Waals surface area contributed by atoms with Gasteiger partial charge in [-0.15, -0.1) is 0 Å². The van der Waals surface area contributed by atoms with E-state index in [-0.39, 0.29) is 39.9 Å². The van der Waals surface area contributed by atoms with Crippen molar-refractivity contribution in [1.82, 2.24) is 0 Å². The van der Waals surface area contributed by atoms with Crippen molar-refractivity contribution in [2.45, 2.75) is 0 Å². The van der Waals surface area contributed by atoms with E-state index >= 15 is 0 Å². The Morgan fingerprint density at radius 1 is 0.364 bits per heavy atom. The molecule has 0 radical (unpaired) electrons. The van der Waals surface area contributed by atoms with Gasteiger partial charge in [0.1, 0.15) is 0 Å². The van der Waals surface area contributed by atoms with Gasteiger partial charge in [-0.3, -0.25) is 0 Å². The predicted molar refractivity (Wildman–Crippen MR) is 51.8 cm³/mol. The molecule has 0 amide bonds. The van der Waals surface area contributed by atoms with Crippen LogP contribution in [0.25, 0.3) is 0 Å². The second kappa shape index (κ2) is 36.2. The summed E-state index contributed by atoms with van der Waals surface area (Å²) in [6, 6.07) is 0. The quantitative estimate of drug-likeness (QED) is 0.206. The fourth-order valence-electron chi connectivity index (χ4n) is 0. The van der Waals surface area contributed by atoms with E-state index in [2.05, 4.69) is 0 Å². The third kappa shape index (κ3) is 622. The van der Waals surface area contributed by atoms with Crippen molar-refractivity contribution in [3.8, 4) is 0 Å². The summed E-state index contributed by atoms with van der Waals surface area (Å²) in [6.45, 7) is 0. The Kier molecular flexibility index (Phi) is 70.3. The molecule has 0 aliphatic carbocycles. The molecule has 0 heterocycles. The Labute approximate surface area is 142 Å². The van der Waals surface area contributed by atoms with Crippen molar-refractivity contribution in [2.24, 2.45) is 0 Å². The minimum Gasteiger partial charge on any atom is -0.356 e. The first-order valence-corrected chi connectivity index (χ1v) is 2.74. The minimum atomic E-state index is -1.75. The maximum Gasteiger partial charge on any atom is 3.00 e. The zero-order valence-corrected chi connectivity index (χ0v) is 12.2. The van der Waals surface area contributed by atoms with Crippen LogP contribution in [0.1, 0.15) is 0 Å². The van der Waals surface area contributed by atoms with Crippen molar-refractivity contribution < 1.29 is 65.3 Å². The first kappa shape index (κ1) is 42.7. The van der Waals surface area contributed by atoms with Gasteiger partial charge >= 0.3 is 39.9 Å². The third-order valence-electron chi connectivity index (χ3n) is 0. The molecule has 0 saturated heterocycles. The number of hydrogen-bond acceptors (Lipinski definition) is 15. The Morgan fingerprint density at radius 2 is 0.364 bits per heavy atom. The van der Waals surface area contributed by atoms with Gasteiger partial charge in [-0.25, -0.2) is 0 Å². The van der Waals surface area contributed by atoms with Crippen LogP contribution in [0.5, 0.6) is 0 Å². The molecule has 0 spiro atoms. The summed E-state index contributed by atoms with van der Waals surface area (Å²) in [4.78, 5) is 41.2. The van der Waals surface area contributed by atoms with Crippen LogP contribution in [-0.4, -0.2) is 25.4 Å². The maximum absolute atomic E-state index is 8.25. The van der Waals surface area contributed by atoms with Gasteiger partial charge in [0.2, 0.25) is 0 Å². The Bertz CT molecular complexity index is 213. The molecule has 0 fully saturated rings. The monoisotopic (exact) mass is 519 g/mol. The molecule has 0 atom stereocenters. The maximum atomic E-state index is 8.25. The van der Waals surface area contributed by atoms with Gasteiger partial charge in [-0.1, -0.05) is 0 Å². The molecule has 0 aromatic rings. The van der Waals surface area contributed by atoms with E-state index in [9.17, 15) is 0 Å². The Hall–Kier alpha value is -2.71. The van der Waals surface area contributed by atoms with E-state index < -0.39 is 25.4 Å². The zero-order valence-electron chi connectivity index (χ0n) is 9.01. The van der Waals surface area contributed by atoms with Gasteiger partial charge in [0.25, 0.3) is 0 Å².